The van der Waals surface area contributed by atoms with Crippen molar-refractivity contribution in [1.82, 2.24) is 0 Å². The van der Waals surface area contributed by atoms with E-state index in [1.165, 1.54) is 30.3 Å². The molecule has 0 radical (unpaired) electrons. The van der Waals surface area contributed by atoms with Crippen molar-refractivity contribution < 1.29 is 44.0 Å². The molecule has 172 valence electrons. The molecule has 10 nitrogen and oxygen atoms in total. The van der Waals surface area contributed by atoms with Gasteiger partial charge in [-0.2, -0.15) is 25.3 Å². The molecule has 0 saturated carbocycles. The highest BCUT2D eigenvalue weighted by Gasteiger charge is 2.25. The van der Waals surface area contributed by atoms with Crippen molar-refractivity contribution in [2.75, 3.05) is 0 Å². The van der Waals surface area contributed by atoms with Gasteiger partial charge in [-0.15, -0.1) is 0 Å². The molecule has 0 aliphatic heterocycles. The molecule has 4 aromatic rings. The summed E-state index contributed by atoms with van der Waals surface area (Å²) in [5.41, 5.74) is -0.0225. The van der Waals surface area contributed by atoms with Crippen LogP contribution in [0, 0.1) is 0 Å². The monoisotopic (exact) mass is 510 g/mol. The fraction of sp³-hybridized carbons (Fsp3) is 0. The average molecular weight is 511 g/mol. The summed E-state index contributed by atoms with van der Waals surface area (Å²) >= 11 is 0. The van der Waals surface area contributed by atoms with Gasteiger partial charge in [-0.25, -0.2) is 0 Å². The molecule has 0 aliphatic rings. The fourth-order valence-electron chi connectivity index (χ4n) is 3.69. The molecular weight excluding hydrogens is 496 g/mol. The third-order valence-electron chi connectivity index (χ3n) is 5.06. The summed E-state index contributed by atoms with van der Waals surface area (Å²) in [5.74, 6) is -0.866. The van der Waals surface area contributed by atoms with Gasteiger partial charge in [0.1, 0.15) is 15.5 Å². The molecule has 0 spiro atoms. The van der Waals surface area contributed by atoms with Crippen LogP contribution < -0.4 is 0 Å². The van der Waals surface area contributed by atoms with E-state index in [1.807, 2.05) is 0 Å². The van der Waals surface area contributed by atoms with Crippen LogP contribution in [0.5, 0.6) is 5.75 Å². The molecule has 0 atom stereocenters. The molecule has 0 heterocycles. The Balaban J connectivity index is 2.23. The molecule has 4 rings (SSSR count). The van der Waals surface area contributed by atoms with Gasteiger partial charge in [0.05, 0.1) is 4.90 Å². The highest BCUT2D eigenvalue weighted by Crippen LogP contribution is 2.44. The molecule has 0 saturated heterocycles. The Bertz CT molecular complexity index is 1790. The normalized spacial score (nSPS) is 12.9. The summed E-state index contributed by atoms with van der Waals surface area (Å²) in [6.45, 7) is 0. The van der Waals surface area contributed by atoms with Gasteiger partial charge in [0.25, 0.3) is 30.4 Å². The van der Waals surface area contributed by atoms with E-state index in [1.54, 1.807) is 6.07 Å². The van der Waals surface area contributed by atoms with E-state index in [2.05, 4.69) is 0 Å². The minimum Gasteiger partial charge on any atom is -0.506 e. The molecule has 4 N–H and O–H groups in total. The number of phenolic OH excluding ortho intramolecular Hbond substituents is 1. The van der Waals surface area contributed by atoms with Crippen LogP contribution in [0.3, 0.4) is 0 Å². The molecule has 4 aromatic carbocycles. The number of aromatic hydroxyl groups is 1. The first-order valence-electron chi connectivity index (χ1n) is 8.94. The topological polar surface area (TPSA) is 183 Å². The molecule has 0 amide bonds. The van der Waals surface area contributed by atoms with Gasteiger partial charge in [-0.05, 0) is 46.0 Å². The van der Waals surface area contributed by atoms with Crippen molar-refractivity contribution >= 4 is 51.9 Å². The van der Waals surface area contributed by atoms with E-state index in [0.29, 0.717) is 0 Å². The summed E-state index contributed by atoms with van der Waals surface area (Å²) in [6.07, 6.45) is 0. The maximum Gasteiger partial charge on any atom is 0.298 e. The van der Waals surface area contributed by atoms with Gasteiger partial charge in [-0.1, -0.05) is 36.4 Å². The summed E-state index contributed by atoms with van der Waals surface area (Å²) < 4.78 is 99.1. The van der Waals surface area contributed by atoms with Gasteiger partial charge in [0, 0.05) is 10.9 Å². The summed E-state index contributed by atoms with van der Waals surface area (Å²) in [7, 11) is -14.3. The Labute approximate surface area is 188 Å². The quantitative estimate of drug-likeness (QED) is 0.297. The molecular formula is C20H14O10S3. The van der Waals surface area contributed by atoms with Crippen molar-refractivity contribution in [2.45, 2.75) is 14.7 Å². The lowest BCUT2D eigenvalue weighted by Crippen LogP contribution is -2.03. The van der Waals surface area contributed by atoms with Crippen molar-refractivity contribution in [1.29, 1.82) is 0 Å². The molecule has 0 unspecified atom stereocenters. The second-order valence-corrected chi connectivity index (χ2v) is 11.3. The highest BCUT2D eigenvalue weighted by molar-refractivity contribution is 7.86. The predicted molar refractivity (Wildman–Crippen MR) is 118 cm³/mol. The van der Waals surface area contributed by atoms with Crippen LogP contribution in [-0.2, 0) is 30.4 Å². The Hall–Kier alpha value is -3.07. The first kappa shape index (κ1) is 23.1. The summed E-state index contributed by atoms with van der Waals surface area (Å²) in [6, 6.07) is 12.2. The van der Waals surface area contributed by atoms with Crippen LogP contribution in [0.4, 0.5) is 0 Å². The van der Waals surface area contributed by atoms with Crippen LogP contribution >= 0.6 is 0 Å². The van der Waals surface area contributed by atoms with Gasteiger partial charge in [-0.3, -0.25) is 13.7 Å². The largest absolute Gasteiger partial charge is 0.506 e. The number of phenols is 1. The minimum atomic E-state index is -4.99. The highest BCUT2D eigenvalue weighted by atomic mass is 32.2. The number of rotatable bonds is 4. The van der Waals surface area contributed by atoms with Gasteiger partial charge < -0.3 is 5.11 Å². The van der Waals surface area contributed by atoms with E-state index >= 15 is 0 Å². The second-order valence-electron chi connectivity index (χ2n) is 7.06. The Morgan fingerprint density at radius 1 is 0.576 bits per heavy atom. The smallest absolute Gasteiger partial charge is 0.298 e. The minimum absolute atomic E-state index is 0.0616. The van der Waals surface area contributed by atoms with Crippen LogP contribution in [0.1, 0.15) is 0 Å². The van der Waals surface area contributed by atoms with Crippen molar-refractivity contribution in [2.24, 2.45) is 0 Å². The van der Waals surface area contributed by atoms with E-state index in [9.17, 15) is 44.0 Å². The zero-order valence-electron chi connectivity index (χ0n) is 16.2. The third-order valence-corrected chi connectivity index (χ3v) is 7.68. The zero-order valence-corrected chi connectivity index (χ0v) is 18.7. The Kier molecular flexibility index (Phi) is 5.24. The molecule has 0 bridgehead atoms. The number of fused-ring (bicyclic) bond motifs is 2. The maximum atomic E-state index is 11.9. The number of benzene rings is 4. The first-order valence-corrected chi connectivity index (χ1v) is 13.3. The van der Waals surface area contributed by atoms with Crippen LogP contribution in [0.2, 0.25) is 0 Å². The van der Waals surface area contributed by atoms with Gasteiger partial charge in [0.2, 0.25) is 0 Å². The molecule has 0 aromatic heterocycles. The molecule has 33 heavy (non-hydrogen) atoms. The Morgan fingerprint density at radius 3 is 1.76 bits per heavy atom. The third kappa shape index (κ3) is 4.06. The molecule has 0 fully saturated rings. The summed E-state index contributed by atoms with van der Waals surface area (Å²) in [5, 5.41) is 11.2. The van der Waals surface area contributed by atoms with Crippen molar-refractivity contribution in [3.8, 4) is 16.9 Å². The SMILES string of the molecule is O=S(=O)(O)c1ccc2c(-c3ccc(S(=O)(=O)O)c4ccccc34)c(O)c(S(=O)(=O)O)cc2c1. The Morgan fingerprint density at radius 2 is 1.18 bits per heavy atom. The van der Waals surface area contributed by atoms with Crippen LogP contribution in [-0.4, -0.2) is 44.0 Å². The van der Waals surface area contributed by atoms with Gasteiger partial charge >= 0.3 is 0 Å². The predicted octanol–water partition coefficient (Wildman–Crippen LogP) is 3.11. The summed E-state index contributed by atoms with van der Waals surface area (Å²) in [4.78, 5) is -1.91. The lowest BCUT2D eigenvalue weighted by atomic mass is 9.93. The van der Waals surface area contributed by atoms with E-state index < -0.39 is 50.8 Å². The van der Waals surface area contributed by atoms with Crippen LogP contribution in [0.15, 0.2) is 75.4 Å². The maximum absolute atomic E-state index is 11.9. The zero-order chi connectivity index (χ0) is 24.3. The van der Waals surface area contributed by atoms with Crippen LogP contribution in [0.25, 0.3) is 32.7 Å². The standard InChI is InChI=1S/C20H14O10S3/c21-20-18(33(28,29)30)10-11-9-12(31(22,23)24)5-6-13(11)19(20)16-7-8-17(32(25,26)27)15-4-2-1-3-14(15)16/h1-10,21H,(H,22,23,24)(H,25,26,27)(H,28,29,30). The van der Waals surface area contributed by atoms with Crippen molar-refractivity contribution in [3.63, 3.8) is 0 Å². The van der Waals surface area contributed by atoms with Crippen molar-refractivity contribution in [3.05, 3.63) is 60.7 Å². The van der Waals surface area contributed by atoms with E-state index in [-0.39, 0.29) is 32.7 Å². The lowest BCUT2D eigenvalue weighted by Gasteiger charge is -2.16. The lowest BCUT2D eigenvalue weighted by molar-refractivity contribution is 0.445. The number of hydrogen-bond donors (Lipinski definition) is 4. The van der Waals surface area contributed by atoms with E-state index in [4.69, 9.17) is 0 Å². The second kappa shape index (κ2) is 7.48. The number of hydrogen-bond acceptors (Lipinski definition) is 7. The van der Waals surface area contributed by atoms with E-state index in [0.717, 1.165) is 24.3 Å². The van der Waals surface area contributed by atoms with Gasteiger partial charge in [0.15, 0.2) is 0 Å². The molecule has 13 heteroatoms. The average Bonchev–Trinajstić information content (AvgIpc) is 2.70. The first-order chi connectivity index (χ1) is 15.2. The molecule has 0 aliphatic carbocycles. The fourth-order valence-corrected chi connectivity index (χ4v) is 5.53.